The standard InChI is InChI=1S/C8H15NO/c1-6(2)8(10)7(3)5-9-4/h5-7H,1-4H3. The first-order chi connectivity index (χ1) is 4.59. The largest absolute Gasteiger partial charge is 0.300 e. The average molecular weight is 141 g/mol. The lowest BCUT2D eigenvalue weighted by Gasteiger charge is -2.06. The molecule has 2 nitrogen and oxygen atoms in total. The van der Waals surface area contributed by atoms with Gasteiger partial charge in [-0.3, -0.25) is 4.79 Å². The number of aliphatic imine (C=N–C) groups is 1. The zero-order chi connectivity index (χ0) is 8.15. The highest BCUT2D eigenvalue weighted by Gasteiger charge is 2.13. The fraction of sp³-hybridized carbons (Fsp3) is 0.750. The summed E-state index contributed by atoms with van der Waals surface area (Å²) in [5.74, 6) is 0.351. The first kappa shape index (κ1) is 9.34. The monoisotopic (exact) mass is 141 g/mol. The van der Waals surface area contributed by atoms with Crippen LogP contribution in [-0.4, -0.2) is 19.0 Å². The van der Waals surface area contributed by atoms with Crippen molar-refractivity contribution in [3.8, 4) is 0 Å². The molecule has 0 aliphatic carbocycles. The van der Waals surface area contributed by atoms with Crippen molar-refractivity contribution >= 4 is 12.0 Å². The third-order valence-corrected chi connectivity index (χ3v) is 1.39. The van der Waals surface area contributed by atoms with Gasteiger partial charge in [0.05, 0.1) is 0 Å². The third-order valence-electron chi connectivity index (χ3n) is 1.39. The zero-order valence-electron chi connectivity index (χ0n) is 7.09. The highest BCUT2D eigenvalue weighted by Crippen LogP contribution is 2.03. The van der Waals surface area contributed by atoms with E-state index < -0.39 is 0 Å². The Morgan fingerprint density at radius 2 is 1.90 bits per heavy atom. The molecule has 10 heavy (non-hydrogen) atoms. The molecule has 0 spiro atoms. The minimum Gasteiger partial charge on any atom is -0.300 e. The molecule has 0 amide bonds. The van der Waals surface area contributed by atoms with Crippen LogP contribution in [0.15, 0.2) is 4.99 Å². The molecule has 1 atom stereocenters. The van der Waals surface area contributed by atoms with Crippen LogP contribution in [0, 0.1) is 11.8 Å². The summed E-state index contributed by atoms with van der Waals surface area (Å²) < 4.78 is 0. The molecule has 0 N–H and O–H groups in total. The van der Waals surface area contributed by atoms with Crippen LogP contribution >= 0.6 is 0 Å². The van der Waals surface area contributed by atoms with Crippen LogP contribution < -0.4 is 0 Å². The lowest BCUT2D eigenvalue weighted by atomic mass is 9.98. The Balaban J connectivity index is 3.95. The molecule has 0 fully saturated rings. The van der Waals surface area contributed by atoms with Gasteiger partial charge >= 0.3 is 0 Å². The first-order valence-corrected chi connectivity index (χ1v) is 3.55. The number of nitrogens with zero attached hydrogens (tertiary/aromatic N) is 1. The highest BCUT2D eigenvalue weighted by atomic mass is 16.1. The van der Waals surface area contributed by atoms with E-state index in [4.69, 9.17) is 0 Å². The number of rotatable bonds is 3. The number of hydrogen-bond donors (Lipinski definition) is 0. The van der Waals surface area contributed by atoms with Gasteiger partial charge in [-0.25, -0.2) is 0 Å². The molecule has 0 bridgehead atoms. The highest BCUT2D eigenvalue weighted by molar-refractivity contribution is 5.95. The summed E-state index contributed by atoms with van der Waals surface area (Å²) in [6, 6.07) is 0. The van der Waals surface area contributed by atoms with Gasteiger partial charge in [-0.2, -0.15) is 0 Å². The Hall–Kier alpha value is -0.660. The Bertz CT molecular complexity index is 138. The van der Waals surface area contributed by atoms with E-state index in [-0.39, 0.29) is 17.6 Å². The van der Waals surface area contributed by atoms with Crippen LogP contribution in [0.3, 0.4) is 0 Å². The second kappa shape index (κ2) is 4.20. The topological polar surface area (TPSA) is 29.4 Å². The van der Waals surface area contributed by atoms with E-state index in [9.17, 15) is 4.79 Å². The molecule has 0 heterocycles. The van der Waals surface area contributed by atoms with Gasteiger partial charge in [-0.05, 0) is 0 Å². The quantitative estimate of drug-likeness (QED) is 0.548. The molecule has 0 aromatic rings. The van der Waals surface area contributed by atoms with Gasteiger partial charge in [0, 0.05) is 25.1 Å². The van der Waals surface area contributed by atoms with E-state index in [1.165, 1.54) is 0 Å². The summed E-state index contributed by atoms with van der Waals surface area (Å²) in [5.41, 5.74) is 0. The summed E-state index contributed by atoms with van der Waals surface area (Å²) in [6.07, 6.45) is 1.68. The Morgan fingerprint density at radius 3 is 2.20 bits per heavy atom. The minimum absolute atomic E-state index is 0.0231. The summed E-state index contributed by atoms with van der Waals surface area (Å²) in [6.45, 7) is 5.68. The van der Waals surface area contributed by atoms with Crippen molar-refractivity contribution < 1.29 is 4.79 Å². The average Bonchev–Trinajstić information content (AvgIpc) is 1.87. The molecule has 58 valence electrons. The van der Waals surface area contributed by atoms with Gasteiger partial charge in [-0.1, -0.05) is 20.8 Å². The molecule has 0 saturated carbocycles. The normalized spacial score (nSPS) is 14.5. The van der Waals surface area contributed by atoms with Crippen LogP contribution in [-0.2, 0) is 4.79 Å². The Kier molecular flexibility index (Phi) is 3.93. The molecule has 0 aromatic carbocycles. The van der Waals surface area contributed by atoms with Gasteiger partial charge < -0.3 is 4.99 Å². The maximum atomic E-state index is 11.1. The van der Waals surface area contributed by atoms with E-state index in [1.54, 1.807) is 13.3 Å². The zero-order valence-corrected chi connectivity index (χ0v) is 7.09. The van der Waals surface area contributed by atoms with Crippen molar-refractivity contribution in [2.75, 3.05) is 7.05 Å². The van der Waals surface area contributed by atoms with E-state index in [1.807, 2.05) is 20.8 Å². The molecule has 0 radical (unpaired) electrons. The predicted molar refractivity (Wildman–Crippen MR) is 43.4 cm³/mol. The Labute approximate surface area is 62.4 Å². The third kappa shape index (κ3) is 2.76. The number of Topliss-reactive ketones (excluding diaryl/α,β-unsaturated/α-hetero) is 1. The molecule has 0 aromatic heterocycles. The summed E-state index contributed by atoms with van der Waals surface area (Å²) >= 11 is 0. The van der Waals surface area contributed by atoms with Crippen molar-refractivity contribution in [3.63, 3.8) is 0 Å². The van der Waals surface area contributed by atoms with Gasteiger partial charge in [0.25, 0.3) is 0 Å². The predicted octanol–water partition coefficient (Wildman–Crippen LogP) is 1.55. The second-order valence-corrected chi connectivity index (χ2v) is 2.75. The van der Waals surface area contributed by atoms with Gasteiger partial charge in [0.1, 0.15) is 5.78 Å². The number of ketones is 1. The van der Waals surface area contributed by atoms with Crippen LogP contribution in [0.25, 0.3) is 0 Å². The molecular weight excluding hydrogens is 126 g/mol. The molecular formula is C8H15NO. The van der Waals surface area contributed by atoms with Gasteiger partial charge in [0.2, 0.25) is 0 Å². The van der Waals surface area contributed by atoms with Gasteiger partial charge in [-0.15, -0.1) is 0 Å². The van der Waals surface area contributed by atoms with Crippen molar-refractivity contribution in [2.24, 2.45) is 16.8 Å². The van der Waals surface area contributed by atoms with Crippen molar-refractivity contribution in [2.45, 2.75) is 20.8 Å². The van der Waals surface area contributed by atoms with Crippen LogP contribution in [0.4, 0.5) is 0 Å². The number of carbonyl (C=O) groups is 1. The molecule has 0 rings (SSSR count). The van der Waals surface area contributed by atoms with Crippen LogP contribution in [0.5, 0.6) is 0 Å². The number of hydrogen-bond acceptors (Lipinski definition) is 2. The van der Waals surface area contributed by atoms with E-state index in [2.05, 4.69) is 4.99 Å². The van der Waals surface area contributed by atoms with Crippen LogP contribution in [0.2, 0.25) is 0 Å². The van der Waals surface area contributed by atoms with Crippen molar-refractivity contribution in [3.05, 3.63) is 0 Å². The van der Waals surface area contributed by atoms with Crippen molar-refractivity contribution in [1.29, 1.82) is 0 Å². The molecule has 0 aliphatic rings. The maximum Gasteiger partial charge on any atom is 0.143 e. The van der Waals surface area contributed by atoms with Crippen LogP contribution in [0.1, 0.15) is 20.8 Å². The number of carbonyl (C=O) groups excluding carboxylic acids is 1. The molecule has 0 saturated heterocycles. The Morgan fingerprint density at radius 1 is 1.40 bits per heavy atom. The summed E-state index contributed by atoms with van der Waals surface area (Å²) in [7, 11) is 1.68. The molecule has 2 heteroatoms. The SMILES string of the molecule is CN=CC(C)C(=O)C(C)C. The van der Waals surface area contributed by atoms with Crippen molar-refractivity contribution in [1.82, 2.24) is 0 Å². The van der Waals surface area contributed by atoms with E-state index >= 15 is 0 Å². The fourth-order valence-corrected chi connectivity index (χ4v) is 0.823. The summed E-state index contributed by atoms with van der Waals surface area (Å²) in [4.78, 5) is 14.9. The maximum absolute atomic E-state index is 11.1. The van der Waals surface area contributed by atoms with E-state index in [0.717, 1.165) is 0 Å². The first-order valence-electron chi connectivity index (χ1n) is 3.55. The lowest BCUT2D eigenvalue weighted by molar-refractivity contribution is -0.123. The molecule has 1 unspecified atom stereocenters. The second-order valence-electron chi connectivity index (χ2n) is 2.75. The van der Waals surface area contributed by atoms with Gasteiger partial charge in [0.15, 0.2) is 0 Å². The summed E-state index contributed by atoms with van der Waals surface area (Å²) in [5, 5.41) is 0. The molecule has 0 aliphatic heterocycles. The lowest BCUT2D eigenvalue weighted by Crippen LogP contribution is -2.17. The fourth-order valence-electron chi connectivity index (χ4n) is 0.823. The smallest absolute Gasteiger partial charge is 0.143 e. The minimum atomic E-state index is -0.0231. The van der Waals surface area contributed by atoms with E-state index in [0.29, 0.717) is 0 Å².